The van der Waals surface area contributed by atoms with Crippen LogP contribution in [-0.4, -0.2) is 41.0 Å². The van der Waals surface area contributed by atoms with Gasteiger partial charge in [0.1, 0.15) is 17.0 Å². The molecule has 29 heavy (non-hydrogen) atoms. The van der Waals surface area contributed by atoms with Crippen molar-refractivity contribution in [2.45, 2.75) is 19.9 Å². The summed E-state index contributed by atoms with van der Waals surface area (Å²) in [7, 11) is 1.52. The molecular weight excluding hydrogens is 370 g/mol. The number of carbonyl (C=O) groups is 1. The van der Waals surface area contributed by atoms with Crippen LogP contribution in [0.2, 0.25) is 0 Å². The van der Waals surface area contributed by atoms with Crippen molar-refractivity contribution in [1.29, 1.82) is 0 Å². The summed E-state index contributed by atoms with van der Waals surface area (Å²) in [5.74, 6) is 0.802. The van der Waals surface area contributed by atoms with E-state index in [1.165, 1.54) is 7.11 Å². The van der Waals surface area contributed by atoms with Gasteiger partial charge in [0, 0.05) is 5.39 Å². The highest BCUT2D eigenvalue weighted by molar-refractivity contribution is 6.07. The van der Waals surface area contributed by atoms with Gasteiger partial charge in [0.15, 0.2) is 5.76 Å². The van der Waals surface area contributed by atoms with Crippen molar-refractivity contribution in [1.82, 2.24) is 15.5 Å². The van der Waals surface area contributed by atoms with Gasteiger partial charge >= 0.3 is 0 Å². The smallest absolute Gasteiger partial charge is 0.255 e. The summed E-state index contributed by atoms with van der Waals surface area (Å²) in [6, 6.07) is 12.7. The minimum absolute atomic E-state index is 0.0960. The molecular formula is C22H23N3O4. The molecule has 2 aromatic heterocycles. The van der Waals surface area contributed by atoms with Crippen LogP contribution >= 0.6 is 0 Å². The number of furan rings is 1. The molecule has 1 atom stereocenters. The fourth-order valence-corrected chi connectivity index (χ4v) is 3.42. The number of aliphatic hydroxyl groups excluding tert-OH is 1. The van der Waals surface area contributed by atoms with Crippen LogP contribution in [0.5, 0.6) is 5.75 Å². The van der Waals surface area contributed by atoms with Gasteiger partial charge in [-0.2, -0.15) is 5.10 Å². The predicted octanol–water partition coefficient (Wildman–Crippen LogP) is 3.73. The van der Waals surface area contributed by atoms with E-state index in [1.54, 1.807) is 12.1 Å². The van der Waals surface area contributed by atoms with E-state index in [-0.39, 0.29) is 24.5 Å². The average molecular weight is 393 g/mol. The van der Waals surface area contributed by atoms with Crippen LogP contribution in [0.3, 0.4) is 0 Å². The van der Waals surface area contributed by atoms with Crippen molar-refractivity contribution in [3.05, 3.63) is 48.0 Å². The first kappa shape index (κ1) is 19.0. The Morgan fingerprint density at radius 3 is 2.76 bits per heavy atom. The Morgan fingerprint density at radius 1 is 1.28 bits per heavy atom. The maximum atomic E-state index is 12.9. The Hall–Kier alpha value is -3.32. The second kappa shape index (κ2) is 7.60. The monoisotopic (exact) mass is 393 g/mol. The van der Waals surface area contributed by atoms with Gasteiger partial charge in [-0.15, -0.1) is 0 Å². The maximum absolute atomic E-state index is 12.9. The number of H-pyrrole nitrogens is 1. The number of para-hydroxylation sites is 1. The third-order valence-corrected chi connectivity index (χ3v) is 5.11. The molecule has 0 bridgehead atoms. The molecule has 4 rings (SSSR count). The molecule has 2 heterocycles. The SMILES string of the molecule is COc1c(C(=O)N[C@H](CO)C(C)C)ccc2n[nH]c(-c3cc4ccccc4o3)c12. The molecule has 0 saturated carbocycles. The second-order valence-electron chi connectivity index (χ2n) is 7.29. The van der Waals surface area contributed by atoms with Crippen LogP contribution in [0.15, 0.2) is 46.9 Å². The van der Waals surface area contributed by atoms with Gasteiger partial charge in [0.25, 0.3) is 5.91 Å². The van der Waals surface area contributed by atoms with E-state index in [2.05, 4.69) is 15.5 Å². The standard InChI is InChI=1S/C22H23N3O4/c1-12(2)16(11-26)23-22(27)14-8-9-15-19(21(14)28-3)20(25-24-15)18-10-13-6-4-5-7-17(13)29-18/h4-10,12,16,26H,11H2,1-3H3,(H,23,27)(H,24,25)/t16-/m1/s1. The van der Waals surface area contributed by atoms with Gasteiger partial charge in [0.05, 0.1) is 36.2 Å². The van der Waals surface area contributed by atoms with E-state index >= 15 is 0 Å². The van der Waals surface area contributed by atoms with Gasteiger partial charge in [-0.05, 0) is 30.2 Å². The molecule has 2 aromatic carbocycles. The first-order valence-corrected chi connectivity index (χ1v) is 9.49. The van der Waals surface area contributed by atoms with E-state index in [1.807, 2.05) is 44.2 Å². The predicted molar refractivity (Wildman–Crippen MR) is 111 cm³/mol. The van der Waals surface area contributed by atoms with E-state index < -0.39 is 0 Å². The number of aromatic nitrogens is 2. The Balaban J connectivity index is 1.82. The van der Waals surface area contributed by atoms with Gasteiger partial charge in [-0.25, -0.2) is 0 Å². The van der Waals surface area contributed by atoms with E-state index in [0.29, 0.717) is 33.7 Å². The van der Waals surface area contributed by atoms with Crippen molar-refractivity contribution in [3.8, 4) is 17.2 Å². The third kappa shape index (κ3) is 3.34. The van der Waals surface area contributed by atoms with Crippen LogP contribution < -0.4 is 10.1 Å². The number of hydrogen-bond acceptors (Lipinski definition) is 5. The van der Waals surface area contributed by atoms with Crippen molar-refractivity contribution in [2.75, 3.05) is 13.7 Å². The van der Waals surface area contributed by atoms with Crippen LogP contribution in [0.1, 0.15) is 24.2 Å². The highest BCUT2D eigenvalue weighted by atomic mass is 16.5. The average Bonchev–Trinajstić information content (AvgIpc) is 3.34. The molecule has 0 aliphatic carbocycles. The number of aliphatic hydroxyl groups is 1. The summed E-state index contributed by atoms with van der Waals surface area (Å²) in [5.41, 5.74) is 2.44. The molecule has 7 heteroatoms. The van der Waals surface area contributed by atoms with Crippen LogP contribution in [0.4, 0.5) is 0 Å². The molecule has 4 aromatic rings. The minimum Gasteiger partial charge on any atom is -0.495 e. The Bertz CT molecular complexity index is 1140. The number of nitrogens with zero attached hydrogens (tertiary/aromatic N) is 1. The van der Waals surface area contributed by atoms with E-state index in [9.17, 15) is 9.90 Å². The number of fused-ring (bicyclic) bond motifs is 2. The zero-order chi connectivity index (χ0) is 20.5. The molecule has 0 fully saturated rings. The molecule has 0 aliphatic heterocycles. The van der Waals surface area contributed by atoms with Crippen molar-refractivity contribution in [2.24, 2.45) is 5.92 Å². The molecule has 1 amide bonds. The molecule has 7 nitrogen and oxygen atoms in total. The Morgan fingerprint density at radius 2 is 2.07 bits per heavy atom. The lowest BCUT2D eigenvalue weighted by molar-refractivity contribution is 0.0894. The Kier molecular flexibility index (Phi) is 4.98. The number of hydrogen-bond donors (Lipinski definition) is 3. The summed E-state index contributed by atoms with van der Waals surface area (Å²) in [6.45, 7) is 3.75. The summed E-state index contributed by atoms with van der Waals surface area (Å²) < 4.78 is 11.6. The number of benzene rings is 2. The van der Waals surface area contributed by atoms with Crippen LogP contribution in [0.25, 0.3) is 33.3 Å². The maximum Gasteiger partial charge on any atom is 0.255 e. The molecule has 0 spiro atoms. The van der Waals surface area contributed by atoms with Crippen molar-refractivity contribution in [3.63, 3.8) is 0 Å². The Labute approximate surface area is 167 Å². The summed E-state index contributed by atoms with van der Waals surface area (Å²) in [6.07, 6.45) is 0. The van der Waals surface area contributed by atoms with Crippen molar-refractivity contribution < 1.29 is 19.1 Å². The number of methoxy groups -OCH3 is 1. The first-order chi connectivity index (χ1) is 14.0. The lowest BCUT2D eigenvalue weighted by Gasteiger charge is -2.20. The lowest BCUT2D eigenvalue weighted by atomic mass is 10.0. The highest BCUT2D eigenvalue weighted by Gasteiger charge is 2.24. The molecule has 0 radical (unpaired) electrons. The zero-order valence-corrected chi connectivity index (χ0v) is 16.5. The van der Waals surface area contributed by atoms with Gasteiger partial charge in [-0.1, -0.05) is 32.0 Å². The topological polar surface area (TPSA) is 100 Å². The van der Waals surface area contributed by atoms with Crippen LogP contribution in [-0.2, 0) is 0 Å². The van der Waals surface area contributed by atoms with Crippen LogP contribution in [0, 0.1) is 5.92 Å². The third-order valence-electron chi connectivity index (χ3n) is 5.11. The van der Waals surface area contributed by atoms with Gasteiger partial charge in [0.2, 0.25) is 0 Å². The lowest BCUT2D eigenvalue weighted by Crippen LogP contribution is -2.41. The van der Waals surface area contributed by atoms with Gasteiger partial charge < -0.3 is 19.6 Å². The quantitative estimate of drug-likeness (QED) is 0.463. The molecule has 0 saturated heterocycles. The molecule has 150 valence electrons. The zero-order valence-electron chi connectivity index (χ0n) is 16.5. The fraction of sp³-hybridized carbons (Fsp3) is 0.273. The number of rotatable bonds is 6. The number of aromatic amines is 1. The summed E-state index contributed by atoms with van der Waals surface area (Å²) >= 11 is 0. The van der Waals surface area contributed by atoms with E-state index in [0.717, 1.165) is 11.0 Å². The van der Waals surface area contributed by atoms with Gasteiger partial charge in [-0.3, -0.25) is 9.89 Å². The number of ether oxygens (including phenoxy) is 1. The summed E-state index contributed by atoms with van der Waals surface area (Å²) in [5, 5.41) is 21.4. The second-order valence-corrected chi connectivity index (χ2v) is 7.29. The number of amides is 1. The molecule has 0 aliphatic rings. The molecule has 0 unspecified atom stereocenters. The largest absolute Gasteiger partial charge is 0.495 e. The number of nitrogens with one attached hydrogen (secondary N) is 2. The number of carbonyl (C=O) groups excluding carboxylic acids is 1. The van der Waals surface area contributed by atoms with Crippen molar-refractivity contribution >= 4 is 27.8 Å². The normalized spacial score (nSPS) is 12.6. The minimum atomic E-state index is -0.345. The fourth-order valence-electron chi connectivity index (χ4n) is 3.42. The highest BCUT2D eigenvalue weighted by Crippen LogP contribution is 2.38. The molecule has 3 N–H and O–H groups in total. The first-order valence-electron chi connectivity index (χ1n) is 9.49. The van der Waals surface area contributed by atoms with E-state index in [4.69, 9.17) is 9.15 Å². The summed E-state index contributed by atoms with van der Waals surface area (Å²) in [4.78, 5) is 12.9.